The van der Waals surface area contributed by atoms with Gasteiger partial charge in [0, 0.05) is 6.42 Å². The molecule has 5 heteroatoms. The minimum absolute atomic E-state index is 0.0287. The summed E-state index contributed by atoms with van der Waals surface area (Å²) in [6.45, 7) is 0. The Bertz CT molecular complexity index is 686. The van der Waals surface area contributed by atoms with Crippen molar-refractivity contribution >= 4 is 28.9 Å². The molecule has 1 N–H and O–H groups in total. The summed E-state index contributed by atoms with van der Waals surface area (Å²) in [5, 5.41) is 3.55. The molecule has 3 rings (SSSR count). The summed E-state index contributed by atoms with van der Waals surface area (Å²) in [7, 11) is 1.61. The monoisotopic (exact) mass is 312 g/mol. The number of hydrogen-bond acceptors (Lipinski definition) is 3. The molecule has 22 heavy (non-hydrogen) atoms. The Morgan fingerprint density at radius 2 is 1.82 bits per heavy atom. The van der Waals surface area contributed by atoms with Crippen molar-refractivity contribution in [2.45, 2.75) is 12.5 Å². The van der Waals surface area contributed by atoms with Crippen molar-refractivity contribution in [3.05, 3.63) is 60.2 Å². The van der Waals surface area contributed by atoms with Gasteiger partial charge in [-0.15, -0.1) is 0 Å². The quantitative estimate of drug-likeness (QED) is 0.881. The van der Waals surface area contributed by atoms with Crippen molar-refractivity contribution in [3.63, 3.8) is 0 Å². The zero-order valence-corrected chi connectivity index (χ0v) is 13.0. The second-order valence-corrected chi connectivity index (χ2v) is 5.45. The molecule has 1 atom stereocenters. The Hall–Kier alpha value is -2.40. The largest absolute Gasteiger partial charge is 0.497 e. The molecular weight excluding hydrogens is 296 g/mol. The third kappa shape index (κ3) is 2.80. The predicted octanol–water partition coefficient (Wildman–Crippen LogP) is 2.53. The van der Waals surface area contributed by atoms with Gasteiger partial charge < -0.3 is 10.1 Å². The van der Waals surface area contributed by atoms with E-state index >= 15 is 0 Å². The third-order valence-electron chi connectivity index (χ3n) is 3.63. The molecule has 4 nitrogen and oxygen atoms in total. The summed E-state index contributed by atoms with van der Waals surface area (Å²) in [4.78, 5) is 14.2. The summed E-state index contributed by atoms with van der Waals surface area (Å²) >= 11 is 5.32. The topological polar surface area (TPSA) is 41.6 Å². The molecule has 1 saturated heterocycles. The summed E-state index contributed by atoms with van der Waals surface area (Å²) in [6.07, 6.45) is 0.618. The minimum atomic E-state index is -0.322. The van der Waals surface area contributed by atoms with Crippen molar-refractivity contribution in [3.8, 4) is 5.75 Å². The number of nitrogens with zero attached hydrogens (tertiary/aromatic N) is 1. The number of methoxy groups -OCH3 is 1. The molecule has 0 spiro atoms. The summed E-state index contributed by atoms with van der Waals surface area (Å²) < 4.78 is 5.13. The summed E-state index contributed by atoms with van der Waals surface area (Å²) in [6, 6.07) is 16.9. The smallest absolute Gasteiger partial charge is 0.256 e. The maximum absolute atomic E-state index is 12.6. The molecule has 1 heterocycles. The van der Waals surface area contributed by atoms with Crippen LogP contribution in [0.4, 0.5) is 5.69 Å². The van der Waals surface area contributed by atoms with E-state index in [1.165, 1.54) is 0 Å². The fraction of sp³-hybridized carbons (Fsp3) is 0.176. The van der Waals surface area contributed by atoms with Crippen LogP contribution in [0.2, 0.25) is 0 Å². The molecular formula is C17H16N2O2S. The highest BCUT2D eigenvalue weighted by molar-refractivity contribution is 7.80. The predicted molar refractivity (Wildman–Crippen MR) is 90.1 cm³/mol. The first-order valence-electron chi connectivity index (χ1n) is 7.01. The van der Waals surface area contributed by atoms with Crippen molar-refractivity contribution < 1.29 is 9.53 Å². The van der Waals surface area contributed by atoms with Crippen molar-refractivity contribution in [2.75, 3.05) is 12.0 Å². The van der Waals surface area contributed by atoms with Crippen LogP contribution >= 0.6 is 12.2 Å². The molecule has 2 aromatic rings. The van der Waals surface area contributed by atoms with Gasteiger partial charge >= 0.3 is 0 Å². The average Bonchev–Trinajstić information content (AvgIpc) is 2.82. The Labute approximate surface area is 134 Å². The van der Waals surface area contributed by atoms with E-state index in [1.807, 2.05) is 54.6 Å². The van der Waals surface area contributed by atoms with Gasteiger partial charge in [-0.3, -0.25) is 9.69 Å². The Kier molecular flexibility index (Phi) is 4.06. The molecule has 1 fully saturated rings. The highest BCUT2D eigenvalue weighted by Gasteiger charge is 2.36. The van der Waals surface area contributed by atoms with E-state index in [0.717, 1.165) is 17.0 Å². The number of rotatable bonds is 4. The zero-order valence-electron chi connectivity index (χ0n) is 12.2. The van der Waals surface area contributed by atoms with Crippen molar-refractivity contribution in [1.29, 1.82) is 0 Å². The van der Waals surface area contributed by atoms with Crippen molar-refractivity contribution in [1.82, 2.24) is 5.32 Å². The van der Waals surface area contributed by atoms with Gasteiger partial charge in [0.05, 0.1) is 12.8 Å². The normalized spacial score (nSPS) is 17.5. The molecule has 0 bridgehead atoms. The van der Waals surface area contributed by atoms with E-state index < -0.39 is 0 Å². The van der Waals surface area contributed by atoms with Gasteiger partial charge in [0.15, 0.2) is 5.11 Å². The molecule has 112 valence electrons. The van der Waals surface area contributed by atoms with Gasteiger partial charge in [-0.05, 0) is 42.0 Å². The Morgan fingerprint density at radius 1 is 1.14 bits per heavy atom. The van der Waals surface area contributed by atoms with Crippen LogP contribution in [0.3, 0.4) is 0 Å². The van der Waals surface area contributed by atoms with Gasteiger partial charge in [-0.25, -0.2) is 0 Å². The Morgan fingerprint density at radius 3 is 2.45 bits per heavy atom. The maximum Gasteiger partial charge on any atom is 0.256 e. The van der Waals surface area contributed by atoms with E-state index in [-0.39, 0.29) is 11.9 Å². The fourth-order valence-corrected chi connectivity index (χ4v) is 2.83. The van der Waals surface area contributed by atoms with Crippen LogP contribution in [0.1, 0.15) is 5.56 Å². The highest BCUT2D eigenvalue weighted by Crippen LogP contribution is 2.23. The third-order valence-corrected chi connectivity index (χ3v) is 3.93. The van der Waals surface area contributed by atoms with Gasteiger partial charge in [-0.2, -0.15) is 0 Å². The van der Waals surface area contributed by atoms with Gasteiger partial charge in [0.1, 0.15) is 11.8 Å². The first kappa shape index (κ1) is 14.5. The van der Waals surface area contributed by atoms with Crippen molar-refractivity contribution in [2.24, 2.45) is 0 Å². The number of carbonyl (C=O) groups is 1. The zero-order chi connectivity index (χ0) is 15.5. The van der Waals surface area contributed by atoms with Crippen LogP contribution in [0.25, 0.3) is 0 Å². The van der Waals surface area contributed by atoms with Gasteiger partial charge in [0.25, 0.3) is 5.91 Å². The SMILES string of the molecule is COc1ccc(N2C(=O)[C@H](Cc3ccccc3)NC2=S)cc1. The van der Waals surface area contributed by atoms with Crippen LogP contribution in [0, 0.1) is 0 Å². The number of nitrogens with one attached hydrogen (secondary N) is 1. The number of ether oxygens (including phenoxy) is 1. The highest BCUT2D eigenvalue weighted by atomic mass is 32.1. The van der Waals surface area contributed by atoms with Gasteiger partial charge in [-0.1, -0.05) is 30.3 Å². The number of anilines is 1. The van der Waals surface area contributed by atoms with E-state index in [4.69, 9.17) is 17.0 Å². The first-order chi connectivity index (χ1) is 10.7. The number of carbonyl (C=O) groups excluding carboxylic acids is 1. The lowest BCUT2D eigenvalue weighted by Crippen LogP contribution is -2.32. The molecule has 0 saturated carbocycles. The molecule has 2 aromatic carbocycles. The van der Waals surface area contributed by atoms with Gasteiger partial charge in [0.2, 0.25) is 0 Å². The molecule has 1 amide bonds. The lowest BCUT2D eigenvalue weighted by molar-refractivity contribution is -0.118. The minimum Gasteiger partial charge on any atom is -0.497 e. The van der Waals surface area contributed by atoms with E-state index in [2.05, 4.69) is 5.32 Å². The van der Waals surface area contributed by atoms with E-state index in [1.54, 1.807) is 12.0 Å². The van der Waals surface area contributed by atoms with Crippen LogP contribution < -0.4 is 15.0 Å². The number of amides is 1. The Balaban J connectivity index is 1.79. The first-order valence-corrected chi connectivity index (χ1v) is 7.42. The summed E-state index contributed by atoms with van der Waals surface area (Å²) in [5.74, 6) is 0.717. The molecule has 1 aliphatic heterocycles. The lowest BCUT2D eigenvalue weighted by Gasteiger charge is -2.15. The second-order valence-electron chi connectivity index (χ2n) is 5.06. The van der Waals surface area contributed by atoms with Crippen LogP contribution in [0.5, 0.6) is 5.75 Å². The second kappa shape index (κ2) is 6.15. The average molecular weight is 312 g/mol. The number of benzene rings is 2. The molecule has 0 aliphatic carbocycles. The number of thiocarbonyl (C=S) groups is 1. The summed E-state index contributed by atoms with van der Waals surface area (Å²) in [5.41, 5.74) is 1.85. The van der Waals surface area contributed by atoms with E-state index in [0.29, 0.717) is 11.5 Å². The molecule has 1 aliphatic rings. The van der Waals surface area contributed by atoms with E-state index in [9.17, 15) is 4.79 Å². The number of hydrogen-bond donors (Lipinski definition) is 1. The molecule has 0 unspecified atom stereocenters. The fourth-order valence-electron chi connectivity index (χ4n) is 2.50. The molecule has 0 radical (unpaired) electrons. The maximum atomic E-state index is 12.6. The van der Waals surface area contributed by atoms with Crippen LogP contribution in [-0.4, -0.2) is 24.2 Å². The van der Waals surface area contributed by atoms with Crippen LogP contribution in [0.15, 0.2) is 54.6 Å². The standard InChI is InChI=1S/C17H16N2O2S/c1-21-14-9-7-13(8-10-14)19-16(20)15(18-17(19)22)11-12-5-3-2-4-6-12/h2-10,15H,11H2,1H3,(H,18,22)/t15-/m0/s1. The lowest BCUT2D eigenvalue weighted by atomic mass is 10.1. The van der Waals surface area contributed by atoms with Crippen LogP contribution in [-0.2, 0) is 11.2 Å². The molecule has 0 aromatic heterocycles.